The number of amidine groups is 1. The van der Waals surface area contributed by atoms with Crippen LogP contribution in [0.15, 0.2) is 4.99 Å². The highest BCUT2D eigenvalue weighted by atomic mass is 16.3. The van der Waals surface area contributed by atoms with Crippen LogP contribution in [-0.4, -0.2) is 30.1 Å². The van der Waals surface area contributed by atoms with E-state index in [1.54, 1.807) is 0 Å². The maximum Gasteiger partial charge on any atom is 0.0965 e. The molecule has 2 N–H and O–H groups in total. The lowest BCUT2D eigenvalue weighted by molar-refractivity contribution is 0.162. The molecule has 1 heterocycles. The number of aliphatic hydroxyl groups excluding tert-OH is 1. The Morgan fingerprint density at radius 2 is 2.00 bits per heavy atom. The van der Waals surface area contributed by atoms with Crippen molar-refractivity contribution in [2.45, 2.75) is 57.4 Å². The molecule has 3 nitrogen and oxygen atoms in total. The van der Waals surface area contributed by atoms with Crippen molar-refractivity contribution < 1.29 is 5.11 Å². The lowest BCUT2D eigenvalue weighted by Gasteiger charge is -2.32. The second-order valence-corrected chi connectivity index (χ2v) is 5.12. The van der Waals surface area contributed by atoms with Crippen LogP contribution >= 0.6 is 0 Å². The van der Waals surface area contributed by atoms with E-state index in [9.17, 15) is 5.11 Å². The van der Waals surface area contributed by atoms with Crippen molar-refractivity contribution in [1.82, 2.24) is 5.32 Å². The smallest absolute Gasteiger partial charge is 0.0965 e. The molecule has 92 valence electrons. The minimum absolute atomic E-state index is 0.324. The molecule has 0 aromatic rings. The average molecular weight is 224 g/mol. The summed E-state index contributed by atoms with van der Waals surface area (Å²) >= 11 is 0. The van der Waals surface area contributed by atoms with Gasteiger partial charge < -0.3 is 10.4 Å². The Hall–Kier alpha value is -0.570. The van der Waals surface area contributed by atoms with Crippen molar-refractivity contribution in [2.75, 3.05) is 13.2 Å². The van der Waals surface area contributed by atoms with Gasteiger partial charge in [-0.2, -0.15) is 0 Å². The Balaban J connectivity index is 1.88. The van der Waals surface area contributed by atoms with Crippen LogP contribution in [0, 0.1) is 5.92 Å². The Morgan fingerprint density at radius 3 is 2.88 bits per heavy atom. The van der Waals surface area contributed by atoms with Gasteiger partial charge in [0.2, 0.25) is 0 Å². The highest BCUT2D eigenvalue weighted by molar-refractivity contribution is 5.82. The predicted octanol–water partition coefficient (Wildman–Crippen LogP) is 2.10. The molecule has 2 aliphatic rings. The summed E-state index contributed by atoms with van der Waals surface area (Å²) in [6.45, 7) is 1.31. The molecule has 0 aromatic heterocycles. The Morgan fingerprint density at radius 1 is 1.12 bits per heavy atom. The molecule has 2 atom stereocenters. The molecular formula is C13H24N2O. The fourth-order valence-electron chi connectivity index (χ4n) is 2.82. The van der Waals surface area contributed by atoms with E-state index in [1.807, 2.05) is 0 Å². The van der Waals surface area contributed by atoms with Gasteiger partial charge in [0.15, 0.2) is 0 Å². The Kier molecular flexibility index (Phi) is 4.64. The summed E-state index contributed by atoms with van der Waals surface area (Å²) in [4.78, 5) is 4.61. The second-order valence-electron chi connectivity index (χ2n) is 5.12. The first-order valence-electron chi connectivity index (χ1n) is 6.81. The first kappa shape index (κ1) is 11.9. The third-order valence-electron chi connectivity index (χ3n) is 3.87. The first-order valence-corrected chi connectivity index (χ1v) is 6.81. The van der Waals surface area contributed by atoms with Crippen molar-refractivity contribution in [3.63, 3.8) is 0 Å². The van der Waals surface area contributed by atoms with Gasteiger partial charge in [0.1, 0.15) is 0 Å². The molecule has 0 amide bonds. The van der Waals surface area contributed by atoms with Crippen LogP contribution in [0.4, 0.5) is 0 Å². The number of aliphatic hydroxyl groups is 1. The average Bonchev–Trinajstić information content (AvgIpc) is 2.58. The molecule has 2 unspecified atom stereocenters. The van der Waals surface area contributed by atoms with E-state index >= 15 is 0 Å². The van der Waals surface area contributed by atoms with Crippen LogP contribution in [0.3, 0.4) is 0 Å². The lowest BCUT2D eigenvalue weighted by Crippen LogP contribution is -2.43. The topological polar surface area (TPSA) is 44.6 Å². The molecule has 2 rings (SSSR count). The van der Waals surface area contributed by atoms with E-state index in [-0.39, 0.29) is 0 Å². The molecule has 3 heteroatoms. The van der Waals surface area contributed by atoms with Gasteiger partial charge in [-0.05, 0) is 25.7 Å². The van der Waals surface area contributed by atoms with Gasteiger partial charge in [-0.15, -0.1) is 0 Å². The van der Waals surface area contributed by atoms with E-state index in [0.29, 0.717) is 18.6 Å². The third-order valence-corrected chi connectivity index (χ3v) is 3.87. The maximum absolute atomic E-state index is 9.37. The quantitative estimate of drug-likeness (QED) is 0.754. The number of hydrogen-bond acceptors (Lipinski definition) is 3. The van der Waals surface area contributed by atoms with E-state index in [0.717, 1.165) is 13.0 Å². The highest BCUT2D eigenvalue weighted by Gasteiger charge is 2.25. The summed E-state index contributed by atoms with van der Waals surface area (Å²) in [5.74, 6) is 1.64. The van der Waals surface area contributed by atoms with Gasteiger partial charge in [-0.1, -0.05) is 19.3 Å². The van der Waals surface area contributed by atoms with Crippen molar-refractivity contribution in [3.05, 3.63) is 0 Å². The molecule has 0 saturated heterocycles. The zero-order chi connectivity index (χ0) is 11.2. The minimum Gasteiger partial charge on any atom is -0.396 e. The molecule has 0 aromatic carbocycles. The number of rotatable bonds is 2. The van der Waals surface area contributed by atoms with Gasteiger partial charge in [0.05, 0.1) is 5.84 Å². The van der Waals surface area contributed by atoms with Gasteiger partial charge in [-0.3, -0.25) is 4.99 Å². The van der Waals surface area contributed by atoms with Gasteiger partial charge in [0, 0.05) is 31.5 Å². The number of nitrogens with one attached hydrogen (secondary N) is 1. The normalized spacial score (nSPS) is 31.7. The Labute approximate surface area is 98.3 Å². The summed E-state index contributed by atoms with van der Waals surface area (Å²) in [5, 5.41) is 13.0. The fraction of sp³-hybridized carbons (Fsp3) is 0.923. The monoisotopic (exact) mass is 224 g/mol. The molecule has 0 spiro atoms. The van der Waals surface area contributed by atoms with Crippen LogP contribution in [-0.2, 0) is 0 Å². The maximum atomic E-state index is 9.37. The molecule has 16 heavy (non-hydrogen) atoms. The van der Waals surface area contributed by atoms with Crippen molar-refractivity contribution in [3.8, 4) is 0 Å². The highest BCUT2D eigenvalue weighted by Crippen LogP contribution is 2.24. The van der Waals surface area contributed by atoms with E-state index in [2.05, 4.69) is 10.3 Å². The lowest BCUT2D eigenvalue weighted by atomic mass is 9.85. The predicted molar refractivity (Wildman–Crippen MR) is 66.7 cm³/mol. The van der Waals surface area contributed by atoms with Crippen molar-refractivity contribution in [2.24, 2.45) is 10.9 Å². The van der Waals surface area contributed by atoms with Crippen LogP contribution in [0.2, 0.25) is 0 Å². The fourth-order valence-corrected chi connectivity index (χ4v) is 2.82. The minimum atomic E-state index is 0.324. The van der Waals surface area contributed by atoms with Crippen LogP contribution in [0.5, 0.6) is 0 Å². The van der Waals surface area contributed by atoms with Crippen LogP contribution in [0.1, 0.15) is 51.4 Å². The molecule has 1 fully saturated rings. The number of nitrogens with zero attached hydrogens (tertiary/aromatic N) is 1. The zero-order valence-electron chi connectivity index (χ0n) is 10.1. The number of aliphatic imine (C=N–C) groups is 1. The largest absolute Gasteiger partial charge is 0.396 e. The summed E-state index contributed by atoms with van der Waals surface area (Å²) in [6.07, 6.45) is 9.85. The summed E-state index contributed by atoms with van der Waals surface area (Å²) in [7, 11) is 0. The summed E-state index contributed by atoms with van der Waals surface area (Å²) in [5.41, 5.74) is 0. The first-order chi connectivity index (χ1) is 7.90. The summed E-state index contributed by atoms with van der Waals surface area (Å²) in [6, 6.07) is 0.468. The van der Waals surface area contributed by atoms with Gasteiger partial charge in [0.25, 0.3) is 0 Å². The summed E-state index contributed by atoms with van der Waals surface area (Å²) < 4.78 is 0. The standard InChI is InChI=1S/C13H24N2O/c16-10-11-6-3-4-7-12(11)15-13-8-2-1-5-9-14-13/h11-12,16H,1-10H2,(H,14,15). The van der Waals surface area contributed by atoms with Crippen molar-refractivity contribution >= 4 is 5.84 Å². The molecule has 0 bridgehead atoms. The van der Waals surface area contributed by atoms with E-state index in [1.165, 1.54) is 50.8 Å². The van der Waals surface area contributed by atoms with Crippen LogP contribution < -0.4 is 5.32 Å². The van der Waals surface area contributed by atoms with Gasteiger partial charge in [-0.25, -0.2) is 0 Å². The molecule has 1 aliphatic heterocycles. The Bertz CT molecular complexity index is 240. The van der Waals surface area contributed by atoms with E-state index < -0.39 is 0 Å². The van der Waals surface area contributed by atoms with Crippen LogP contribution in [0.25, 0.3) is 0 Å². The molecule has 1 aliphatic carbocycles. The molecular weight excluding hydrogens is 200 g/mol. The molecule has 1 saturated carbocycles. The van der Waals surface area contributed by atoms with Gasteiger partial charge >= 0.3 is 0 Å². The second kappa shape index (κ2) is 6.24. The molecule has 0 radical (unpaired) electrons. The van der Waals surface area contributed by atoms with Crippen molar-refractivity contribution in [1.29, 1.82) is 0 Å². The SMILES string of the molecule is OCC1CCCCC1NC1=NCCCCC1. The third kappa shape index (κ3) is 3.21. The van der Waals surface area contributed by atoms with E-state index in [4.69, 9.17) is 0 Å². The number of hydrogen-bond donors (Lipinski definition) is 2. The zero-order valence-corrected chi connectivity index (χ0v) is 10.1.